The number of aliphatic hydroxyl groups excluding tert-OH is 1. The van der Waals surface area contributed by atoms with Crippen LogP contribution in [0.15, 0.2) is 58.2 Å². The number of rotatable bonds is 12. The number of nitrogens with one attached hydrogen (secondary N) is 3. The second-order valence-corrected chi connectivity index (χ2v) is 13.7. The van der Waals surface area contributed by atoms with Crippen LogP contribution in [0.3, 0.4) is 0 Å². The molecule has 0 unspecified atom stereocenters. The number of carbonyl (C=O) groups is 1. The Morgan fingerprint density at radius 1 is 1.00 bits per heavy atom. The Kier molecular flexibility index (Phi) is 9.15. The second kappa shape index (κ2) is 11.8. The van der Waals surface area contributed by atoms with E-state index in [4.69, 9.17) is 0 Å². The summed E-state index contributed by atoms with van der Waals surface area (Å²) < 4.78 is 52.9. The fourth-order valence-corrected chi connectivity index (χ4v) is 6.15. The molecule has 4 N–H and O–H groups in total. The standard InChI is InChI=1S/C24H33N5O7S2/c1-16(15-37(33,34)28(2)3)23(31)25-21(12-17-8-6-5-7-9-17)22(30)14-29(4)38(35,36)18-10-11-19-20(13-18)27-24(32)26-19/h5-11,13,16,21-22,30H,12,14-15H2,1-4H3,(H,25,31)(H2,26,27,32)/t16-,21+,22-/m1/s1. The van der Waals surface area contributed by atoms with Crippen molar-refractivity contribution >= 4 is 37.0 Å². The molecule has 1 aromatic heterocycles. The minimum atomic E-state index is -4.06. The van der Waals surface area contributed by atoms with Crippen molar-refractivity contribution in [1.29, 1.82) is 0 Å². The van der Waals surface area contributed by atoms with Gasteiger partial charge in [-0.15, -0.1) is 0 Å². The van der Waals surface area contributed by atoms with Crippen molar-refractivity contribution in [2.24, 2.45) is 5.92 Å². The molecule has 208 valence electrons. The van der Waals surface area contributed by atoms with Gasteiger partial charge in [-0.25, -0.2) is 25.9 Å². The SMILES string of the molecule is C[C@H](CS(=O)(=O)N(C)C)C(=O)N[C@@H](Cc1ccccc1)[C@H](O)CN(C)S(=O)(=O)c1ccc2[nH]c(=O)[nH]c2c1. The quantitative estimate of drug-likeness (QED) is 0.240. The van der Waals surface area contributed by atoms with E-state index in [1.807, 2.05) is 6.07 Å². The maximum atomic E-state index is 13.2. The Morgan fingerprint density at radius 2 is 1.63 bits per heavy atom. The Hall–Kier alpha value is -3.04. The molecule has 12 nitrogen and oxygen atoms in total. The van der Waals surface area contributed by atoms with Crippen molar-refractivity contribution in [3.05, 3.63) is 64.6 Å². The van der Waals surface area contributed by atoms with Crippen LogP contribution in [0.1, 0.15) is 12.5 Å². The number of nitrogens with zero attached hydrogens (tertiary/aromatic N) is 2. The highest BCUT2D eigenvalue weighted by Crippen LogP contribution is 2.19. The lowest BCUT2D eigenvalue weighted by atomic mass is 10.00. The van der Waals surface area contributed by atoms with Crippen molar-refractivity contribution in [3.8, 4) is 0 Å². The number of hydrogen-bond acceptors (Lipinski definition) is 7. The van der Waals surface area contributed by atoms with E-state index < -0.39 is 55.5 Å². The Morgan fingerprint density at radius 3 is 2.26 bits per heavy atom. The third kappa shape index (κ3) is 7.08. The predicted molar refractivity (Wildman–Crippen MR) is 143 cm³/mol. The number of amides is 1. The summed E-state index contributed by atoms with van der Waals surface area (Å²) in [7, 11) is -3.64. The van der Waals surface area contributed by atoms with Crippen molar-refractivity contribution in [3.63, 3.8) is 0 Å². The topological polar surface area (TPSA) is 173 Å². The summed E-state index contributed by atoms with van der Waals surface area (Å²) in [6.07, 6.45) is -1.14. The van der Waals surface area contributed by atoms with Gasteiger partial charge < -0.3 is 20.4 Å². The number of aromatic amines is 2. The molecule has 3 rings (SSSR count). The van der Waals surface area contributed by atoms with Crippen LogP contribution in [0.4, 0.5) is 0 Å². The van der Waals surface area contributed by atoms with Crippen molar-refractivity contribution in [2.75, 3.05) is 33.4 Å². The fourth-order valence-electron chi connectivity index (χ4n) is 3.86. The van der Waals surface area contributed by atoms with Crippen LogP contribution in [-0.2, 0) is 31.3 Å². The summed E-state index contributed by atoms with van der Waals surface area (Å²) in [5.74, 6) is -1.91. The van der Waals surface area contributed by atoms with Gasteiger partial charge in [0.1, 0.15) is 0 Å². The highest BCUT2D eigenvalue weighted by molar-refractivity contribution is 7.89. The number of imidazole rings is 1. The Bertz CT molecular complexity index is 1530. The predicted octanol–water partition coefficient (Wildman–Crippen LogP) is 0.0926. The molecule has 2 aromatic carbocycles. The molecule has 0 spiro atoms. The van der Waals surface area contributed by atoms with E-state index in [-0.39, 0.29) is 17.9 Å². The lowest BCUT2D eigenvalue weighted by Gasteiger charge is -2.29. The zero-order chi connectivity index (χ0) is 28.3. The summed E-state index contributed by atoms with van der Waals surface area (Å²) >= 11 is 0. The van der Waals surface area contributed by atoms with E-state index in [0.29, 0.717) is 11.0 Å². The van der Waals surface area contributed by atoms with Crippen LogP contribution >= 0.6 is 0 Å². The summed E-state index contributed by atoms with van der Waals surface area (Å²) in [4.78, 5) is 29.4. The molecule has 0 aliphatic rings. The highest BCUT2D eigenvalue weighted by atomic mass is 32.2. The van der Waals surface area contributed by atoms with Crippen LogP contribution in [0.25, 0.3) is 11.0 Å². The molecule has 0 fully saturated rings. The van der Waals surface area contributed by atoms with E-state index in [9.17, 15) is 31.5 Å². The number of likely N-dealkylation sites (N-methyl/N-ethyl adjacent to an activating group) is 1. The van der Waals surface area contributed by atoms with Crippen LogP contribution < -0.4 is 11.0 Å². The Labute approximate surface area is 221 Å². The van der Waals surface area contributed by atoms with Gasteiger partial charge in [0.25, 0.3) is 0 Å². The van der Waals surface area contributed by atoms with Crippen molar-refractivity contribution in [2.45, 2.75) is 30.4 Å². The van der Waals surface area contributed by atoms with Gasteiger partial charge in [0.05, 0.1) is 39.7 Å². The Balaban J connectivity index is 1.80. The molecule has 0 saturated carbocycles. The third-order valence-corrected chi connectivity index (χ3v) is 10.0. The number of sulfonamides is 2. The number of hydrogen-bond donors (Lipinski definition) is 4. The largest absolute Gasteiger partial charge is 0.390 e. The molecule has 1 amide bonds. The smallest absolute Gasteiger partial charge is 0.323 e. The average Bonchev–Trinajstić information content (AvgIpc) is 3.22. The monoisotopic (exact) mass is 567 g/mol. The normalized spacial score (nSPS) is 15.0. The maximum Gasteiger partial charge on any atom is 0.323 e. The molecule has 1 heterocycles. The van der Waals surface area contributed by atoms with E-state index in [2.05, 4.69) is 15.3 Å². The van der Waals surface area contributed by atoms with Crippen molar-refractivity contribution in [1.82, 2.24) is 23.9 Å². The van der Waals surface area contributed by atoms with Gasteiger partial charge in [-0.05, 0) is 30.2 Å². The molecule has 3 atom stereocenters. The number of benzene rings is 2. The first-order valence-corrected chi connectivity index (χ1v) is 14.9. The first-order chi connectivity index (χ1) is 17.7. The van der Waals surface area contributed by atoms with E-state index in [1.165, 1.54) is 46.3 Å². The third-order valence-electron chi connectivity index (χ3n) is 6.19. The van der Waals surface area contributed by atoms with Gasteiger partial charge in [0.2, 0.25) is 26.0 Å². The van der Waals surface area contributed by atoms with Gasteiger partial charge in [-0.2, -0.15) is 4.31 Å². The van der Waals surface area contributed by atoms with E-state index >= 15 is 0 Å². The summed E-state index contributed by atoms with van der Waals surface area (Å²) in [5, 5.41) is 13.8. The lowest BCUT2D eigenvalue weighted by Crippen LogP contribution is -2.51. The number of H-pyrrole nitrogens is 2. The first kappa shape index (κ1) is 29.5. The van der Waals surface area contributed by atoms with Gasteiger partial charge in [0.15, 0.2) is 0 Å². The van der Waals surface area contributed by atoms with Crippen molar-refractivity contribution < 1.29 is 26.7 Å². The molecule has 0 bridgehead atoms. The van der Waals surface area contributed by atoms with Gasteiger partial charge >= 0.3 is 5.69 Å². The molecule has 14 heteroatoms. The van der Waals surface area contributed by atoms with Gasteiger partial charge in [-0.1, -0.05) is 37.3 Å². The van der Waals surface area contributed by atoms with Crippen LogP contribution in [0, 0.1) is 5.92 Å². The minimum absolute atomic E-state index is 0.0823. The zero-order valence-corrected chi connectivity index (χ0v) is 23.2. The molecule has 38 heavy (non-hydrogen) atoms. The first-order valence-electron chi connectivity index (χ1n) is 11.8. The molecular weight excluding hydrogens is 534 g/mol. The summed E-state index contributed by atoms with van der Waals surface area (Å²) in [5.41, 5.74) is 1.09. The molecule has 0 aliphatic heterocycles. The number of fused-ring (bicyclic) bond motifs is 1. The zero-order valence-electron chi connectivity index (χ0n) is 21.6. The molecule has 0 radical (unpaired) electrons. The minimum Gasteiger partial charge on any atom is -0.390 e. The molecule has 3 aromatic rings. The number of aromatic nitrogens is 2. The maximum absolute atomic E-state index is 13.2. The van der Waals surface area contributed by atoms with Crippen LogP contribution in [0.2, 0.25) is 0 Å². The molecule has 0 aliphatic carbocycles. The lowest BCUT2D eigenvalue weighted by molar-refractivity contribution is -0.125. The molecular formula is C24H33N5O7S2. The average molecular weight is 568 g/mol. The fraction of sp³-hybridized carbons (Fsp3) is 0.417. The van der Waals surface area contributed by atoms with Crippen LogP contribution in [0.5, 0.6) is 0 Å². The van der Waals surface area contributed by atoms with Gasteiger partial charge in [0, 0.05) is 27.7 Å². The number of carbonyl (C=O) groups excluding carboxylic acids is 1. The van der Waals surface area contributed by atoms with E-state index in [0.717, 1.165) is 14.2 Å². The number of aliphatic hydroxyl groups is 1. The van der Waals surface area contributed by atoms with E-state index in [1.54, 1.807) is 24.3 Å². The van der Waals surface area contributed by atoms with Gasteiger partial charge in [-0.3, -0.25) is 4.79 Å². The highest BCUT2D eigenvalue weighted by Gasteiger charge is 2.31. The molecule has 0 saturated heterocycles. The summed E-state index contributed by atoms with van der Waals surface area (Å²) in [6.45, 7) is 1.12. The summed E-state index contributed by atoms with van der Waals surface area (Å²) in [6, 6.07) is 12.2. The van der Waals surface area contributed by atoms with Crippen LogP contribution in [-0.4, -0.2) is 92.0 Å². The second-order valence-electron chi connectivity index (χ2n) is 9.41.